The van der Waals surface area contributed by atoms with Crippen LogP contribution in [0.15, 0.2) is 30.3 Å². The minimum Gasteiger partial charge on any atom is -0.398 e. The first-order valence-corrected chi connectivity index (χ1v) is 9.80. The quantitative estimate of drug-likeness (QED) is 0.635. The van der Waals surface area contributed by atoms with Crippen LogP contribution < -0.4 is 11.5 Å². The standard InChI is InChI=1S/C11H9N3S.C10H10N2/c12-5-6-3-8(7-1-2-7)10-9(4-6)15-11(13)14-10;11-6-7-1-4-10(12)9(5-7)8-2-3-8/h3-4,7H,1-2H2,(H2,13,14);1,4-5,8H,2-3,12H2. The average Bonchev–Trinajstić information content (AvgIpc) is 3.58. The van der Waals surface area contributed by atoms with Crippen LogP contribution in [0.4, 0.5) is 10.8 Å². The number of nitriles is 2. The molecule has 4 N–H and O–H groups in total. The van der Waals surface area contributed by atoms with Crippen LogP contribution in [-0.2, 0) is 0 Å². The Bertz CT molecular complexity index is 1090. The van der Waals surface area contributed by atoms with Crippen molar-refractivity contribution < 1.29 is 0 Å². The number of thiazole rings is 1. The second-order valence-electron chi connectivity index (χ2n) is 7.08. The lowest BCUT2D eigenvalue weighted by Crippen LogP contribution is -1.92. The van der Waals surface area contributed by atoms with Gasteiger partial charge in [-0.25, -0.2) is 4.98 Å². The van der Waals surface area contributed by atoms with Crippen LogP contribution in [0.5, 0.6) is 0 Å². The van der Waals surface area contributed by atoms with E-state index < -0.39 is 0 Å². The van der Waals surface area contributed by atoms with E-state index in [1.165, 1.54) is 42.6 Å². The van der Waals surface area contributed by atoms with Crippen LogP contribution in [-0.4, -0.2) is 4.98 Å². The lowest BCUT2D eigenvalue weighted by Gasteiger charge is -2.02. The SMILES string of the molecule is N#Cc1cc(C2CC2)c2nc(N)sc2c1.N#Cc1ccc(N)c(C2CC2)c1. The van der Waals surface area contributed by atoms with Gasteiger partial charge in [-0.1, -0.05) is 11.3 Å². The zero-order valence-electron chi connectivity index (χ0n) is 14.8. The summed E-state index contributed by atoms with van der Waals surface area (Å²) in [5.74, 6) is 1.22. The Morgan fingerprint density at radius 3 is 2.15 bits per heavy atom. The van der Waals surface area contributed by atoms with Crippen molar-refractivity contribution in [3.8, 4) is 12.1 Å². The van der Waals surface area contributed by atoms with Crippen LogP contribution in [0.2, 0.25) is 0 Å². The van der Waals surface area contributed by atoms with E-state index in [-0.39, 0.29) is 0 Å². The van der Waals surface area contributed by atoms with Crippen molar-refractivity contribution in [3.63, 3.8) is 0 Å². The zero-order chi connectivity index (χ0) is 19.0. The fourth-order valence-corrected chi connectivity index (χ4v) is 4.04. The molecule has 0 radical (unpaired) electrons. The van der Waals surface area contributed by atoms with Crippen LogP contribution in [0.25, 0.3) is 10.2 Å². The highest BCUT2D eigenvalue weighted by atomic mass is 32.1. The molecule has 0 aliphatic heterocycles. The van der Waals surface area contributed by atoms with Gasteiger partial charge in [0.15, 0.2) is 5.13 Å². The normalized spacial score (nSPS) is 15.5. The number of nitrogens with zero attached hydrogens (tertiary/aromatic N) is 3. The van der Waals surface area contributed by atoms with E-state index in [9.17, 15) is 0 Å². The molecule has 0 saturated heterocycles. The number of aromatic nitrogens is 1. The largest absolute Gasteiger partial charge is 0.398 e. The summed E-state index contributed by atoms with van der Waals surface area (Å²) < 4.78 is 1.04. The third-order valence-electron chi connectivity index (χ3n) is 4.92. The topological polar surface area (TPSA) is 113 Å². The van der Waals surface area contributed by atoms with Gasteiger partial charge in [-0.05, 0) is 79.0 Å². The molecule has 3 aromatic rings. The number of nitrogen functional groups attached to an aromatic ring is 2. The Morgan fingerprint density at radius 1 is 0.889 bits per heavy atom. The van der Waals surface area contributed by atoms with E-state index in [0.717, 1.165) is 21.5 Å². The molecule has 27 heavy (non-hydrogen) atoms. The summed E-state index contributed by atoms with van der Waals surface area (Å²) in [5.41, 5.74) is 17.1. The summed E-state index contributed by atoms with van der Waals surface area (Å²) in [6, 6.07) is 13.6. The molecular formula is C21H19N5S. The van der Waals surface area contributed by atoms with Crippen molar-refractivity contribution in [1.82, 2.24) is 4.98 Å². The molecule has 0 amide bonds. The summed E-state index contributed by atoms with van der Waals surface area (Å²) in [7, 11) is 0. The molecule has 1 heterocycles. The average molecular weight is 373 g/mol. The molecule has 2 aromatic carbocycles. The number of hydrogen-bond donors (Lipinski definition) is 2. The molecule has 0 spiro atoms. The van der Waals surface area contributed by atoms with Gasteiger partial charge >= 0.3 is 0 Å². The number of nitrogens with two attached hydrogens (primary N) is 2. The van der Waals surface area contributed by atoms with Gasteiger partial charge in [0.05, 0.1) is 33.5 Å². The van der Waals surface area contributed by atoms with Gasteiger partial charge < -0.3 is 11.5 Å². The van der Waals surface area contributed by atoms with E-state index in [1.54, 1.807) is 6.07 Å². The molecule has 2 aliphatic carbocycles. The highest BCUT2D eigenvalue weighted by molar-refractivity contribution is 7.22. The number of rotatable bonds is 2. The van der Waals surface area contributed by atoms with Crippen molar-refractivity contribution in [2.75, 3.05) is 11.5 Å². The predicted molar refractivity (Wildman–Crippen MR) is 108 cm³/mol. The monoisotopic (exact) mass is 373 g/mol. The second kappa shape index (κ2) is 6.90. The van der Waals surface area contributed by atoms with E-state index in [4.69, 9.17) is 22.0 Å². The molecule has 2 saturated carbocycles. The maximum absolute atomic E-state index is 8.93. The summed E-state index contributed by atoms with van der Waals surface area (Å²) >= 11 is 1.46. The highest BCUT2D eigenvalue weighted by Gasteiger charge is 2.27. The number of fused-ring (bicyclic) bond motifs is 1. The lowest BCUT2D eigenvalue weighted by molar-refractivity contribution is 1.13. The Hall–Kier alpha value is -3.09. The molecule has 134 valence electrons. The minimum atomic E-state index is 0.585. The number of hydrogen-bond acceptors (Lipinski definition) is 6. The van der Waals surface area contributed by atoms with Crippen molar-refractivity contribution in [2.24, 2.45) is 0 Å². The summed E-state index contributed by atoms with van der Waals surface area (Å²) in [6.07, 6.45) is 4.86. The first kappa shape index (κ1) is 17.3. The lowest BCUT2D eigenvalue weighted by atomic mass is 10.1. The maximum atomic E-state index is 8.93. The smallest absolute Gasteiger partial charge is 0.181 e. The molecule has 2 fully saturated rings. The van der Waals surface area contributed by atoms with Crippen LogP contribution in [0, 0.1) is 22.7 Å². The van der Waals surface area contributed by atoms with E-state index in [2.05, 4.69) is 17.1 Å². The molecule has 5 nitrogen and oxygen atoms in total. The van der Waals surface area contributed by atoms with Crippen LogP contribution in [0.1, 0.15) is 59.8 Å². The van der Waals surface area contributed by atoms with Crippen molar-refractivity contribution >= 4 is 32.4 Å². The molecule has 0 unspecified atom stereocenters. The zero-order valence-corrected chi connectivity index (χ0v) is 15.6. The molecule has 6 heteroatoms. The fourth-order valence-electron chi connectivity index (χ4n) is 3.23. The first-order valence-electron chi connectivity index (χ1n) is 8.98. The van der Waals surface area contributed by atoms with Gasteiger partial charge in [-0.3, -0.25) is 0 Å². The summed E-state index contributed by atoms with van der Waals surface area (Å²) in [6.45, 7) is 0. The molecular weight excluding hydrogens is 354 g/mol. The van der Waals surface area contributed by atoms with Gasteiger partial charge in [-0.2, -0.15) is 10.5 Å². The predicted octanol–water partition coefficient (Wildman–Crippen LogP) is 4.65. The number of benzene rings is 2. The Balaban J connectivity index is 0.000000137. The van der Waals surface area contributed by atoms with Gasteiger partial charge in [0.25, 0.3) is 0 Å². The number of anilines is 2. The van der Waals surface area contributed by atoms with Crippen molar-refractivity contribution in [1.29, 1.82) is 10.5 Å². The van der Waals surface area contributed by atoms with Crippen LogP contribution in [0.3, 0.4) is 0 Å². The Morgan fingerprint density at radius 2 is 1.52 bits per heavy atom. The second-order valence-corrected chi connectivity index (χ2v) is 8.14. The third-order valence-corrected chi connectivity index (χ3v) is 5.75. The molecule has 0 atom stereocenters. The minimum absolute atomic E-state index is 0.585. The summed E-state index contributed by atoms with van der Waals surface area (Å²) in [5, 5.41) is 18.2. The highest BCUT2D eigenvalue weighted by Crippen LogP contribution is 2.44. The van der Waals surface area contributed by atoms with Gasteiger partial charge in [0.1, 0.15) is 0 Å². The van der Waals surface area contributed by atoms with E-state index >= 15 is 0 Å². The molecule has 1 aromatic heterocycles. The van der Waals surface area contributed by atoms with Crippen LogP contribution >= 0.6 is 11.3 Å². The molecule has 0 bridgehead atoms. The third kappa shape index (κ3) is 3.72. The molecule has 5 rings (SSSR count). The van der Waals surface area contributed by atoms with Crippen molar-refractivity contribution in [3.05, 3.63) is 52.6 Å². The van der Waals surface area contributed by atoms with Gasteiger partial charge in [0, 0.05) is 5.69 Å². The summed E-state index contributed by atoms with van der Waals surface area (Å²) in [4.78, 5) is 4.34. The maximum Gasteiger partial charge on any atom is 0.181 e. The van der Waals surface area contributed by atoms with Gasteiger partial charge in [-0.15, -0.1) is 0 Å². The first-order chi connectivity index (χ1) is 13.1. The molecule has 2 aliphatic rings. The fraction of sp³-hybridized carbons (Fsp3) is 0.286. The van der Waals surface area contributed by atoms with Crippen molar-refractivity contribution in [2.45, 2.75) is 37.5 Å². The van der Waals surface area contributed by atoms with E-state index in [0.29, 0.717) is 28.1 Å². The van der Waals surface area contributed by atoms with Gasteiger partial charge in [0.2, 0.25) is 0 Å². The Labute approximate surface area is 161 Å². The Kier molecular flexibility index (Phi) is 4.43. The van der Waals surface area contributed by atoms with E-state index in [1.807, 2.05) is 24.3 Å².